The maximum Gasteiger partial charge on any atom is 0.416 e. The van der Waals surface area contributed by atoms with Crippen LogP contribution in [0.4, 0.5) is 18.9 Å². The first-order valence-electron chi connectivity index (χ1n) is 6.23. The van der Waals surface area contributed by atoms with Crippen molar-refractivity contribution in [2.45, 2.75) is 19.0 Å². The van der Waals surface area contributed by atoms with Gasteiger partial charge in [-0.3, -0.25) is 4.79 Å². The van der Waals surface area contributed by atoms with Crippen LogP contribution in [-0.4, -0.2) is 19.0 Å². The quantitative estimate of drug-likeness (QED) is 0.876. The summed E-state index contributed by atoms with van der Waals surface area (Å²) < 4.78 is 37.7. The molecular formula is C13H14ClF3N2O. The number of alkyl halides is 3. The van der Waals surface area contributed by atoms with Crippen molar-refractivity contribution in [1.29, 1.82) is 0 Å². The lowest BCUT2D eigenvalue weighted by Gasteiger charge is -2.12. The molecule has 0 aliphatic heterocycles. The van der Waals surface area contributed by atoms with E-state index in [1.165, 1.54) is 0 Å². The van der Waals surface area contributed by atoms with Crippen LogP contribution >= 0.6 is 11.6 Å². The first kappa shape index (κ1) is 15.0. The van der Waals surface area contributed by atoms with E-state index < -0.39 is 11.7 Å². The molecule has 0 spiro atoms. The molecule has 2 rings (SSSR count). The van der Waals surface area contributed by atoms with Crippen molar-refractivity contribution in [3.8, 4) is 0 Å². The van der Waals surface area contributed by atoms with Crippen LogP contribution in [0.3, 0.4) is 0 Å². The first-order chi connectivity index (χ1) is 9.36. The minimum Gasteiger partial charge on any atom is -0.375 e. The van der Waals surface area contributed by atoms with Crippen molar-refractivity contribution in [2.24, 2.45) is 5.92 Å². The van der Waals surface area contributed by atoms with E-state index in [0.717, 1.165) is 31.0 Å². The Morgan fingerprint density at radius 1 is 1.35 bits per heavy atom. The summed E-state index contributed by atoms with van der Waals surface area (Å²) in [7, 11) is 0. The molecule has 1 aromatic carbocycles. The fourth-order valence-corrected chi connectivity index (χ4v) is 1.84. The molecule has 1 saturated carbocycles. The molecule has 110 valence electrons. The molecule has 2 N–H and O–H groups in total. The van der Waals surface area contributed by atoms with Crippen LogP contribution in [0.2, 0.25) is 5.02 Å². The van der Waals surface area contributed by atoms with Gasteiger partial charge in [0.15, 0.2) is 0 Å². The van der Waals surface area contributed by atoms with Crippen molar-refractivity contribution < 1.29 is 18.0 Å². The van der Waals surface area contributed by atoms with Crippen molar-refractivity contribution in [3.63, 3.8) is 0 Å². The third-order valence-electron chi connectivity index (χ3n) is 3.02. The molecule has 0 saturated heterocycles. The largest absolute Gasteiger partial charge is 0.416 e. The van der Waals surface area contributed by atoms with Crippen LogP contribution in [0, 0.1) is 5.92 Å². The van der Waals surface area contributed by atoms with E-state index in [-0.39, 0.29) is 23.2 Å². The zero-order valence-electron chi connectivity index (χ0n) is 10.6. The molecule has 0 bridgehead atoms. The molecule has 7 heteroatoms. The third kappa shape index (κ3) is 4.30. The van der Waals surface area contributed by atoms with Gasteiger partial charge in [0.2, 0.25) is 5.91 Å². The van der Waals surface area contributed by atoms with E-state index in [1.54, 1.807) is 0 Å². The van der Waals surface area contributed by atoms with E-state index in [2.05, 4.69) is 10.6 Å². The topological polar surface area (TPSA) is 41.1 Å². The van der Waals surface area contributed by atoms with Crippen LogP contribution in [0.25, 0.3) is 0 Å². The average molecular weight is 307 g/mol. The summed E-state index contributed by atoms with van der Waals surface area (Å²) >= 11 is 5.81. The summed E-state index contributed by atoms with van der Waals surface area (Å²) in [4.78, 5) is 11.5. The Balaban J connectivity index is 1.92. The fraction of sp³-hybridized carbons (Fsp3) is 0.462. The highest BCUT2D eigenvalue weighted by atomic mass is 35.5. The Kier molecular flexibility index (Phi) is 4.42. The maximum atomic E-state index is 12.6. The molecule has 0 atom stereocenters. The zero-order chi connectivity index (χ0) is 14.8. The van der Waals surface area contributed by atoms with Crippen LogP contribution in [-0.2, 0) is 11.0 Å². The van der Waals surface area contributed by atoms with Gasteiger partial charge in [-0.25, -0.2) is 0 Å². The average Bonchev–Trinajstić information content (AvgIpc) is 3.18. The second-order valence-electron chi connectivity index (χ2n) is 4.79. The minimum atomic E-state index is -4.44. The van der Waals surface area contributed by atoms with Crippen molar-refractivity contribution >= 4 is 23.2 Å². The minimum absolute atomic E-state index is 0.100. The van der Waals surface area contributed by atoms with E-state index >= 15 is 0 Å². The second kappa shape index (κ2) is 5.91. The van der Waals surface area contributed by atoms with Gasteiger partial charge in [0, 0.05) is 6.54 Å². The number of hydrogen-bond donors (Lipinski definition) is 2. The molecule has 0 aromatic heterocycles. The third-order valence-corrected chi connectivity index (χ3v) is 3.35. The smallest absolute Gasteiger partial charge is 0.375 e. The number of benzene rings is 1. The van der Waals surface area contributed by atoms with Crippen molar-refractivity contribution in [1.82, 2.24) is 5.32 Å². The van der Waals surface area contributed by atoms with Crippen molar-refractivity contribution in [2.75, 3.05) is 18.4 Å². The summed E-state index contributed by atoms with van der Waals surface area (Å²) in [5.41, 5.74) is -0.703. The second-order valence-corrected chi connectivity index (χ2v) is 5.20. The Labute approximate surface area is 119 Å². The normalized spacial score (nSPS) is 15.0. The molecule has 1 amide bonds. The predicted octanol–water partition coefficient (Wildman–Crippen LogP) is 3.30. The molecule has 1 aliphatic rings. The van der Waals surface area contributed by atoms with Gasteiger partial charge in [-0.05, 0) is 37.0 Å². The number of halogens is 4. The number of carbonyl (C=O) groups excluding carboxylic acids is 1. The highest BCUT2D eigenvalue weighted by Gasteiger charge is 2.31. The standard InChI is InChI=1S/C13H14ClF3N2O/c14-10-4-3-9(13(15,16)17)5-11(10)18-7-12(20)19-6-8-1-2-8/h3-5,8,18H,1-2,6-7H2,(H,19,20). The summed E-state index contributed by atoms with van der Waals surface area (Å²) in [6.45, 7) is 0.518. The molecule has 0 unspecified atom stereocenters. The van der Waals surface area contributed by atoms with Gasteiger partial charge in [-0.1, -0.05) is 11.6 Å². The lowest BCUT2D eigenvalue weighted by molar-refractivity contribution is -0.137. The van der Waals surface area contributed by atoms with Gasteiger partial charge in [0.05, 0.1) is 22.8 Å². The van der Waals surface area contributed by atoms with Crippen LogP contribution in [0.15, 0.2) is 18.2 Å². The number of anilines is 1. The summed E-state index contributed by atoms with van der Waals surface area (Å²) in [6.07, 6.45) is -2.20. The van der Waals surface area contributed by atoms with E-state index in [4.69, 9.17) is 11.6 Å². The van der Waals surface area contributed by atoms with Gasteiger partial charge in [-0.2, -0.15) is 13.2 Å². The summed E-state index contributed by atoms with van der Waals surface area (Å²) in [5.74, 6) is 0.293. The molecule has 1 fully saturated rings. The lowest BCUT2D eigenvalue weighted by Crippen LogP contribution is -2.31. The first-order valence-corrected chi connectivity index (χ1v) is 6.61. The van der Waals surface area contributed by atoms with Gasteiger partial charge < -0.3 is 10.6 Å². The Morgan fingerprint density at radius 3 is 2.65 bits per heavy atom. The summed E-state index contributed by atoms with van der Waals surface area (Å²) in [5, 5.41) is 5.48. The zero-order valence-corrected chi connectivity index (χ0v) is 11.3. The Morgan fingerprint density at radius 2 is 2.05 bits per heavy atom. The number of hydrogen-bond acceptors (Lipinski definition) is 2. The number of amides is 1. The van der Waals surface area contributed by atoms with E-state index in [9.17, 15) is 18.0 Å². The molecule has 20 heavy (non-hydrogen) atoms. The number of carbonyl (C=O) groups is 1. The molecule has 0 radical (unpaired) electrons. The fourth-order valence-electron chi connectivity index (χ4n) is 1.66. The summed E-state index contributed by atoms with van der Waals surface area (Å²) in [6, 6.07) is 2.96. The van der Waals surface area contributed by atoms with E-state index in [1.807, 2.05) is 0 Å². The number of nitrogens with one attached hydrogen (secondary N) is 2. The molecule has 1 aromatic rings. The maximum absolute atomic E-state index is 12.6. The highest BCUT2D eigenvalue weighted by molar-refractivity contribution is 6.33. The number of rotatable bonds is 5. The van der Waals surface area contributed by atoms with Gasteiger partial charge in [0.25, 0.3) is 0 Å². The van der Waals surface area contributed by atoms with Crippen LogP contribution in [0.5, 0.6) is 0 Å². The molecular weight excluding hydrogens is 293 g/mol. The van der Waals surface area contributed by atoms with Gasteiger partial charge in [-0.15, -0.1) is 0 Å². The van der Waals surface area contributed by atoms with E-state index in [0.29, 0.717) is 12.5 Å². The van der Waals surface area contributed by atoms with Crippen molar-refractivity contribution in [3.05, 3.63) is 28.8 Å². The Bertz CT molecular complexity index is 501. The molecule has 1 aliphatic carbocycles. The SMILES string of the molecule is O=C(CNc1cc(C(F)(F)F)ccc1Cl)NCC1CC1. The van der Waals surface area contributed by atoms with Crippen LogP contribution < -0.4 is 10.6 Å². The monoisotopic (exact) mass is 306 g/mol. The van der Waals surface area contributed by atoms with Crippen LogP contribution in [0.1, 0.15) is 18.4 Å². The van der Waals surface area contributed by atoms with Gasteiger partial charge >= 0.3 is 6.18 Å². The lowest BCUT2D eigenvalue weighted by atomic mass is 10.2. The molecule has 3 nitrogen and oxygen atoms in total. The predicted molar refractivity (Wildman–Crippen MR) is 70.7 cm³/mol. The van der Waals surface area contributed by atoms with Gasteiger partial charge in [0.1, 0.15) is 0 Å². The Hall–Kier alpha value is -1.43. The molecule has 0 heterocycles. The highest BCUT2D eigenvalue weighted by Crippen LogP contribution is 2.33.